The van der Waals surface area contributed by atoms with Crippen LogP contribution in [0.15, 0.2) is 47.2 Å². The summed E-state index contributed by atoms with van der Waals surface area (Å²) in [7, 11) is 3.53. The van der Waals surface area contributed by atoms with Gasteiger partial charge >= 0.3 is 0 Å². The molecule has 2 aromatic rings. The van der Waals surface area contributed by atoms with E-state index < -0.39 is 5.54 Å². The molecule has 0 saturated carbocycles. The maximum absolute atomic E-state index is 13.0. The average molecular weight is 372 g/mol. The molecular weight excluding hydrogens is 346 g/mol. The summed E-state index contributed by atoms with van der Waals surface area (Å²) in [4.78, 5) is 29.3. The van der Waals surface area contributed by atoms with Crippen molar-refractivity contribution in [2.45, 2.75) is 24.8 Å². The molecule has 1 fully saturated rings. The Labute approximate surface area is 158 Å². The van der Waals surface area contributed by atoms with Crippen LogP contribution in [0.2, 0.25) is 0 Å². The Balaban J connectivity index is 1.81. The smallest absolute Gasteiger partial charge is 0.249 e. The Kier molecular flexibility index (Phi) is 5.61. The third-order valence-electron chi connectivity index (χ3n) is 4.75. The molecule has 1 unspecified atom stereocenters. The van der Waals surface area contributed by atoms with Crippen LogP contribution in [-0.2, 0) is 16.0 Å². The number of carbonyl (C=O) groups excluding carboxylic acids is 2. The maximum atomic E-state index is 13.0. The zero-order valence-corrected chi connectivity index (χ0v) is 16.1. The van der Waals surface area contributed by atoms with Crippen LogP contribution >= 0.6 is 11.3 Å². The van der Waals surface area contributed by atoms with E-state index in [2.05, 4.69) is 5.32 Å². The molecule has 1 saturated heterocycles. The summed E-state index contributed by atoms with van der Waals surface area (Å²) in [6.45, 7) is 1.09. The number of nitrogens with one attached hydrogen (secondary N) is 1. The van der Waals surface area contributed by atoms with Crippen molar-refractivity contribution in [2.75, 3.05) is 32.5 Å². The lowest BCUT2D eigenvalue weighted by molar-refractivity contribution is -0.139. The van der Waals surface area contributed by atoms with E-state index in [0.717, 1.165) is 17.7 Å². The van der Waals surface area contributed by atoms with Crippen LogP contribution in [0.5, 0.6) is 0 Å². The highest BCUT2D eigenvalue weighted by molar-refractivity contribution is 7.08. The SMILES string of the molecule is CN(C)C(=O)C1(Nc2ccccc2)CCCN(C(=O)Cc2ccsc2)C1. The van der Waals surface area contributed by atoms with Gasteiger partial charge in [0, 0.05) is 26.3 Å². The Morgan fingerprint density at radius 2 is 2.00 bits per heavy atom. The van der Waals surface area contributed by atoms with E-state index in [9.17, 15) is 9.59 Å². The number of likely N-dealkylation sites (tertiary alicyclic amines) is 1. The van der Waals surface area contributed by atoms with Gasteiger partial charge in [0.1, 0.15) is 5.54 Å². The van der Waals surface area contributed by atoms with Gasteiger partial charge in [0.15, 0.2) is 0 Å². The monoisotopic (exact) mass is 371 g/mol. The second-order valence-corrected chi connectivity index (χ2v) is 7.78. The van der Waals surface area contributed by atoms with Crippen LogP contribution in [0.1, 0.15) is 18.4 Å². The third-order valence-corrected chi connectivity index (χ3v) is 5.49. The number of hydrogen-bond donors (Lipinski definition) is 1. The number of rotatable bonds is 5. The third kappa shape index (κ3) is 4.07. The van der Waals surface area contributed by atoms with Gasteiger partial charge in [0.2, 0.25) is 11.8 Å². The zero-order chi connectivity index (χ0) is 18.6. The minimum atomic E-state index is -0.784. The van der Waals surface area contributed by atoms with Gasteiger partial charge in [-0.05, 0) is 47.4 Å². The first-order chi connectivity index (χ1) is 12.5. The van der Waals surface area contributed by atoms with E-state index >= 15 is 0 Å². The lowest BCUT2D eigenvalue weighted by atomic mass is 9.86. The molecule has 0 aliphatic carbocycles. The van der Waals surface area contributed by atoms with Crippen molar-refractivity contribution in [1.82, 2.24) is 9.80 Å². The first-order valence-corrected chi connectivity index (χ1v) is 9.78. The Morgan fingerprint density at radius 1 is 1.23 bits per heavy atom. The molecule has 0 spiro atoms. The van der Waals surface area contributed by atoms with Crippen molar-refractivity contribution in [2.24, 2.45) is 0 Å². The van der Waals surface area contributed by atoms with E-state index in [-0.39, 0.29) is 11.8 Å². The van der Waals surface area contributed by atoms with Crippen molar-refractivity contribution in [3.05, 3.63) is 52.7 Å². The number of anilines is 1. The first kappa shape index (κ1) is 18.5. The molecular formula is C20H25N3O2S. The molecule has 138 valence electrons. The normalized spacial score (nSPS) is 19.8. The van der Waals surface area contributed by atoms with Gasteiger partial charge in [-0.2, -0.15) is 11.3 Å². The molecule has 5 nitrogen and oxygen atoms in total. The van der Waals surface area contributed by atoms with Gasteiger partial charge in [-0.25, -0.2) is 0 Å². The lowest BCUT2D eigenvalue weighted by Gasteiger charge is -2.44. The fourth-order valence-corrected chi connectivity index (χ4v) is 4.17. The molecule has 3 rings (SSSR count). The van der Waals surface area contributed by atoms with Crippen molar-refractivity contribution < 1.29 is 9.59 Å². The number of nitrogens with zero attached hydrogens (tertiary/aromatic N) is 2. The van der Waals surface area contributed by atoms with Gasteiger partial charge in [-0.3, -0.25) is 9.59 Å². The Hall–Kier alpha value is -2.34. The van der Waals surface area contributed by atoms with E-state index in [1.54, 1.807) is 30.3 Å². The molecule has 1 aromatic heterocycles. The van der Waals surface area contributed by atoms with Crippen molar-refractivity contribution in [3.8, 4) is 0 Å². The van der Waals surface area contributed by atoms with Gasteiger partial charge in [0.25, 0.3) is 0 Å². The topological polar surface area (TPSA) is 52.7 Å². The highest BCUT2D eigenvalue weighted by Gasteiger charge is 2.44. The van der Waals surface area contributed by atoms with Crippen LogP contribution in [0.25, 0.3) is 0 Å². The standard InChI is InChI=1S/C20H25N3O2S/c1-22(2)19(25)20(21-17-7-4-3-5-8-17)10-6-11-23(15-20)18(24)13-16-9-12-26-14-16/h3-5,7-9,12,14,21H,6,10-11,13,15H2,1-2H3. The molecule has 2 heterocycles. The first-order valence-electron chi connectivity index (χ1n) is 8.84. The molecule has 0 bridgehead atoms. The second kappa shape index (κ2) is 7.91. The summed E-state index contributed by atoms with van der Waals surface area (Å²) in [6, 6.07) is 11.7. The van der Waals surface area contributed by atoms with Crippen LogP contribution in [0.4, 0.5) is 5.69 Å². The van der Waals surface area contributed by atoms with Crippen LogP contribution in [0, 0.1) is 0 Å². The zero-order valence-electron chi connectivity index (χ0n) is 15.3. The molecule has 0 radical (unpaired) electrons. The number of likely N-dealkylation sites (N-methyl/N-ethyl adjacent to an activating group) is 1. The van der Waals surface area contributed by atoms with Gasteiger partial charge in [0.05, 0.1) is 13.0 Å². The Morgan fingerprint density at radius 3 is 2.65 bits per heavy atom. The van der Waals surface area contributed by atoms with Gasteiger partial charge in [-0.1, -0.05) is 18.2 Å². The second-order valence-electron chi connectivity index (χ2n) is 7.00. The van der Waals surface area contributed by atoms with E-state index in [0.29, 0.717) is 25.9 Å². The predicted octanol–water partition coefficient (Wildman–Crippen LogP) is 2.85. The molecule has 6 heteroatoms. The van der Waals surface area contributed by atoms with E-state index in [1.807, 2.05) is 52.1 Å². The maximum Gasteiger partial charge on any atom is 0.249 e. The van der Waals surface area contributed by atoms with E-state index in [1.165, 1.54) is 0 Å². The summed E-state index contributed by atoms with van der Waals surface area (Å²) in [5.41, 5.74) is 1.15. The molecule has 1 aliphatic rings. The quantitative estimate of drug-likeness (QED) is 0.879. The molecule has 1 N–H and O–H groups in total. The Bertz CT molecular complexity index is 746. The van der Waals surface area contributed by atoms with E-state index in [4.69, 9.17) is 0 Å². The van der Waals surface area contributed by atoms with Gasteiger partial charge < -0.3 is 15.1 Å². The number of amides is 2. The van der Waals surface area contributed by atoms with Crippen molar-refractivity contribution in [1.29, 1.82) is 0 Å². The molecule has 2 amide bonds. The molecule has 26 heavy (non-hydrogen) atoms. The van der Waals surface area contributed by atoms with Crippen LogP contribution in [0.3, 0.4) is 0 Å². The summed E-state index contributed by atoms with van der Waals surface area (Å²) in [5, 5.41) is 7.42. The van der Waals surface area contributed by atoms with Gasteiger partial charge in [-0.15, -0.1) is 0 Å². The molecule has 1 aliphatic heterocycles. The number of piperidine rings is 1. The number of benzene rings is 1. The summed E-state index contributed by atoms with van der Waals surface area (Å²) in [5.74, 6) is 0.0864. The lowest BCUT2D eigenvalue weighted by Crippen LogP contribution is -2.62. The minimum absolute atomic E-state index is 0.00869. The predicted molar refractivity (Wildman–Crippen MR) is 105 cm³/mol. The molecule has 1 aromatic carbocycles. The number of carbonyl (C=O) groups is 2. The number of thiophene rings is 1. The highest BCUT2D eigenvalue weighted by atomic mass is 32.1. The van der Waals surface area contributed by atoms with Crippen molar-refractivity contribution >= 4 is 28.8 Å². The average Bonchev–Trinajstić information content (AvgIpc) is 3.15. The van der Waals surface area contributed by atoms with Crippen LogP contribution < -0.4 is 5.32 Å². The highest BCUT2D eigenvalue weighted by Crippen LogP contribution is 2.28. The summed E-state index contributed by atoms with van der Waals surface area (Å²) >= 11 is 1.59. The summed E-state index contributed by atoms with van der Waals surface area (Å²) in [6.07, 6.45) is 1.90. The number of hydrogen-bond acceptors (Lipinski definition) is 4. The van der Waals surface area contributed by atoms with Crippen LogP contribution in [-0.4, -0.2) is 54.3 Å². The molecule has 1 atom stereocenters. The summed E-state index contributed by atoms with van der Waals surface area (Å²) < 4.78 is 0. The minimum Gasteiger partial charge on any atom is -0.370 e. The largest absolute Gasteiger partial charge is 0.370 e. The fourth-order valence-electron chi connectivity index (χ4n) is 3.50. The van der Waals surface area contributed by atoms with Crippen molar-refractivity contribution in [3.63, 3.8) is 0 Å². The number of para-hydroxylation sites is 1. The fraction of sp³-hybridized carbons (Fsp3) is 0.400.